The van der Waals surface area contributed by atoms with Crippen molar-refractivity contribution in [3.8, 4) is 0 Å². The Kier molecular flexibility index (Phi) is 4.55. The minimum absolute atomic E-state index is 0.389. The van der Waals surface area contributed by atoms with Crippen LogP contribution in [0.15, 0.2) is 47.2 Å². The topological polar surface area (TPSA) is 97.9 Å². The lowest BCUT2D eigenvalue weighted by Gasteiger charge is -2.16. The first-order chi connectivity index (χ1) is 11.6. The van der Waals surface area contributed by atoms with E-state index in [2.05, 4.69) is 25.9 Å². The van der Waals surface area contributed by atoms with Gasteiger partial charge in [-0.1, -0.05) is 35.5 Å². The van der Waals surface area contributed by atoms with Crippen LogP contribution in [0.3, 0.4) is 0 Å². The number of carbonyl (C=O) groups excluding carboxylic acids is 1. The number of hydrogen-bond donors (Lipinski definition) is 2. The number of anilines is 1. The van der Waals surface area contributed by atoms with E-state index in [9.17, 15) is 4.79 Å². The molecule has 2 heterocycles. The van der Waals surface area contributed by atoms with Crippen LogP contribution in [0, 0.1) is 6.92 Å². The van der Waals surface area contributed by atoms with Crippen LogP contribution in [0.1, 0.15) is 23.2 Å². The van der Waals surface area contributed by atoms with Crippen LogP contribution >= 0.6 is 0 Å². The number of aromatic nitrogens is 4. The molecule has 1 aromatic carbocycles. The van der Waals surface area contributed by atoms with Gasteiger partial charge in [-0.3, -0.25) is 10.00 Å². The Labute approximate surface area is 138 Å². The minimum atomic E-state index is -0.391. The highest BCUT2D eigenvalue weighted by Gasteiger charge is 2.20. The van der Waals surface area contributed by atoms with Crippen LogP contribution in [0.4, 0.5) is 10.6 Å². The zero-order valence-electron chi connectivity index (χ0n) is 13.4. The number of amides is 2. The van der Waals surface area contributed by atoms with Gasteiger partial charge in [0.1, 0.15) is 12.3 Å². The van der Waals surface area contributed by atoms with Gasteiger partial charge in [0.05, 0.1) is 11.9 Å². The average Bonchev–Trinajstić information content (AvgIpc) is 3.21. The number of carbonyl (C=O) groups is 1. The van der Waals surface area contributed by atoms with E-state index in [1.807, 2.05) is 37.3 Å². The summed E-state index contributed by atoms with van der Waals surface area (Å²) in [5.74, 6) is 0.866. The quantitative estimate of drug-likeness (QED) is 0.749. The van der Waals surface area contributed by atoms with Crippen LogP contribution in [0.2, 0.25) is 0 Å². The van der Waals surface area contributed by atoms with E-state index in [-0.39, 0.29) is 6.04 Å². The predicted octanol–water partition coefficient (Wildman–Crippen LogP) is 2.22. The third kappa shape index (κ3) is 3.60. The molecule has 1 unspecified atom stereocenters. The highest BCUT2D eigenvalue weighted by Crippen LogP contribution is 2.17. The van der Waals surface area contributed by atoms with Gasteiger partial charge in [0, 0.05) is 13.5 Å². The van der Waals surface area contributed by atoms with Gasteiger partial charge in [-0.15, -0.1) is 5.10 Å². The Hall–Kier alpha value is -3.16. The lowest BCUT2D eigenvalue weighted by atomic mass is 10.1. The van der Waals surface area contributed by atoms with Crippen LogP contribution < -0.4 is 10.6 Å². The maximum absolute atomic E-state index is 12.3. The number of rotatable bonds is 5. The normalized spacial score (nSPS) is 11.9. The Morgan fingerprint density at radius 3 is 2.75 bits per heavy atom. The van der Waals surface area contributed by atoms with E-state index in [1.54, 1.807) is 17.9 Å². The molecule has 0 aliphatic heterocycles. The molecule has 0 aliphatic rings. The smallest absolute Gasteiger partial charge is 0.321 e. The van der Waals surface area contributed by atoms with Gasteiger partial charge in [0.15, 0.2) is 5.82 Å². The summed E-state index contributed by atoms with van der Waals surface area (Å²) >= 11 is 0. The fourth-order valence-corrected chi connectivity index (χ4v) is 2.28. The summed E-state index contributed by atoms with van der Waals surface area (Å²) in [5.41, 5.74) is 1.83. The molecule has 0 radical (unpaired) electrons. The molecule has 124 valence electrons. The number of nitrogens with zero attached hydrogens (tertiary/aromatic N) is 4. The molecule has 3 rings (SSSR count). The maximum Gasteiger partial charge on any atom is 0.321 e. The molecule has 0 spiro atoms. The van der Waals surface area contributed by atoms with E-state index in [4.69, 9.17) is 4.42 Å². The molecule has 2 N–H and O–H groups in total. The summed E-state index contributed by atoms with van der Waals surface area (Å²) in [6, 6.07) is 9.04. The van der Waals surface area contributed by atoms with Gasteiger partial charge in [0.25, 0.3) is 0 Å². The fraction of sp³-hybridized carbons (Fsp3) is 0.250. The number of nitrogens with one attached hydrogen (secondary N) is 2. The van der Waals surface area contributed by atoms with Crippen molar-refractivity contribution in [1.29, 1.82) is 0 Å². The number of urea groups is 1. The van der Waals surface area contributed by atoms with Crippen LogP contribution in [0.5, 0.6) is 0 Å². The molecule has 3 aromatic rings. The summed E-state index contributed by atoms with van der Waals surface area (Å²) in [5, 5.41) is 13.3. The second-order valence-corrected chi connectivity index (χ2v) is 5.36. The first-order valence-electron chi connectivity index (χ1n) is 7.50. The van der Waals surface area contributed by atoms with Gasteiger partial charge in [-0.25, -0.2) is 9.78 Å². The Morgan fingerprint density at radius 1 is 1.33 bits per heavy atom. The lowest BCUT2D eigenvalue weighted by Crippen LogP contribution is -2.34. The molecule has 0 saturated carbocycles. The van der Waals surface area contributed by atoms with E-state index in [1.165, 1.54) is 6.26 Å². The molecule has 24 heavy (non-hydrogen) atoms. The van der Waals surface area contributed by atoms with Gasteiger partial charge < -0.3 is 9.73 Å². The zero-order valence-corrected chi connectivity index (χ0v) is 13.4. The van der Waals surface area contributed by atoms with Gasteiger partial charge in [-0.05, 0) is 12.5 Å². The number of benzene rings is 1. The van der Waals surface area contributed by atoms with Crippen molar-refractivity contribution in [3.05, 3.63) is 59.9 Å². The lowest BCUT2D eigenvalue weighted by molar-refractivity contribution is 0.245. The van der Waals surface area contributed by atoms with Gasteiger partial charge >= 0.3 is 6.03 Å². The summed E-state index contributed by atoms with van der Waals surface area (Å²) in [4.78, 5) is 16.5. The first-order valence-corrected chi connectivity index (χ1v) is 7.50. The van der Waals surface area contributed by atoms with E-state index in [0.717, 1.165) is 11.3 Å². The maximum atomic E-state index is 12.3. The van der Waals surface area contributed by atoms with Gasteiger partial charge in [0.2, 0.25) is 5.89 Å². The summed E-state index contributed by atoms with van der Waals surface area (Å²) in [7, 11) is 1.76. The predicted molar refractivity (Wildman–Crippen MR) is 87.3 cm³/mol. The summed E-state index contributed by atoms with van der Waals surface area (Å²) in [6.07, 6.45) is 3.60. The monoisotopic (exact) mass is 326 g/mol. The number of oxazole rings is 1. The summed E-state index contributed by atoms with van der Waals surface area (Å²) < 4.78 is 6.95. The Bertz CT molecular complexity index is 797. The molecule has 1 atom stereocenters. The molecular weight excluding hydrogens is 308 g/mol. The SMILES string of the molecule is Cc1c(NC(=O)NC(Cc2ccccc2)c2ncco2)nnn1C. The standard InChI is InChI=1S/C16H18N6O2/c1-11-14(20-21-22(11)2)19-16(23)18-13(15-17-8-9-24-15)10-12-6-4-3-5-7-12/h3-9,13H,10H2,1-2H3,(H2,18,19,23). The second kappa shape index (κ2) is 6.95. The van der Waals surface area contributed by atoms with E-state index < -0.39 is 6.03 Å². The number of aryl methyl sites for hydroxylation is 1. The van der Waals surface area contributed by atoms with E-state index in [0.29, 0.717) is 18.1 Å². The molecule has 0 bridgehead atoms. The molecule has 0 saturated heterocycles. The zero-order chi connectivity index (χ0) is 16.9. The first kappa shape index (κ1) is 15.7. The number of hydrogen-bond acceptors (Lipinski definition) is 5. The third-order valence-corrected chi connectivity index (χ3v) is 3.68. The highest BCUT2D eigenvalue weighted by atomic mass is 16.3. The van der Waals surface area contributed by atoms with Crippen molar-refractivity contribution in [2.75, 3.05) is 5.32 Å². The van der Waals surface area contributed by atoms with Crippen molar-refractivity contribution in [2.45, 2.75) is 19.4 Å². The summed E-state index contributed by atoms with van der Waals surface area (Å²) in [6.45, 7) is 1.82. The third-order valence-electron chi connectivity index (χ3n) is 3.68. The van der Waals surface area contributed by atoms with E-state index >= 15 is 0 Å². The second-order valence-electron chi connectivity index (χ2n) is 5.36. The Balaban J connectivity index is 1.72. The molecule has 0 aliphatic carbocycles. The van der Waals surface area contributed by atoms with Crippen molar-refractivity contribution < 1.29 is 9.21 Å². The van der Waals surface area contributed by atoms with Crippen molar-refractivity contribution in [3.63, 3.8) is 0 Å². The molecule has 8 nitrogen and oxygen atoms in total. The van der Waals surface area contributed by atoms with Crippen molar-refractivity contribution in [2.24, 2.45) is 7.05 Å². The van der Waals surface area contributed by atoms with Crippen LogP contribution in [-0.4, -0.2) is 26.0 Å². The average molecular weight is 326 g/mol. The van der Waals surface area contributed by atoms with Crippen molar-refractivity contribution in [1.82, 2.24) is 25.3 Å². The van der Waals surface area contributed by atoms with Gasteiger partial charge in [-0.2, -0.15) is 0 Å². The molecule has 0 fully saturated rings. The Morgan fingerprint density at radius 2 is 2.12 bits per heavy atom. The van der Waals surface area contributed by atoms with Crippen LogP contribution in [0.25, 0.3) is 0 Å². The molecule has 2 aromatic heterocycles. The molecule has 8 heteroatoms. The van der Waals surface area contributed by atoms with Crippen molar-refractivity contribution >= 4 is 11.8 Å². The molecule has 2 amide bonds. The minimum Gasteiger partial charge on any atom is -0.447 e. The fourth-order valence-electron chi connectivity index (χ4n) is 2.28. The molecular formula is C16H18N6O2. The highest BCUT2D eigenvalue weighted by molar-refractivity contribution is 5.88. The van der Waals surface area contributed by atoms with Crippen LogP contribution in [-0.2, 0) is 13.5 Å². The largest absolute Gasteiger partial charge is 0.447 e.